The number of carbonyl (C=O) groups is 1. The molecule has 0 atom stereocenters. The zero-order valence-electron chi connectivity index (χ0n) is 15.0. The summed E-state index contributed by atoms with van der Waals surface area (Å²) in [6.45, 7) is 4.38. The molecule has 1 heterocycles. The summed E-state index contributed by atoms with van der Waals surface area (Å²) in [4.78, 5) is 16.7. The Bertz CT molecular complexity index is 745. The topological polar surface area (TPSA) is 44.8 Å². The van der Waals surface area contributed by atoms with Crippen LogP contribution >= 0.6 is 11.6 Å². The lowest BCUT2D eigenvalue weighted by atomic mass is 10.2. The van der Waals surface area contributed by atoms with Crippen molar-refractivity contribution < 1.29 is 9.53 Å². The highest BCUT2D eigenvalue weighted by Gasteiger charge is 2.19. The van der Waals surface area contributed by atoms with Crippen molar-refractivity contribution in [3.63, 3.8) is 0 Å². The van der Waals surface area contributed by atoms with E-state index in [1.165, 1.54) is 0 Å². The number of ether oxygens (including phenoxy) is 1. The Morgan fingerprint density at radius 1 is 1.12 bits per heavy atom. The van der Waals surface area contributed by atoms with E-state index in [4.69, 9.17) is 16.3 Å². The monoisotopic (exact) mass is 373 g/mol. The van der Waals surface area contributed by atoms with Gasteiger partial charge in [0.15, 0.2) is 0 Å². The second-order valence-electron chi connectivity index (χ2n) is 6.33. The Morgan fingerprint density at radius 2 is 1.88 bits per heavy atom. The lowest BCUT2D eigenvalue weighted by molar-refractivity contribution is -0.122. The van der Waals surface area contributed by atoms with Crippen LogP contribution in [0.4, 0.5) is 5.69 Å². The number of piperazine rings is 1. The maximum absolute atomic E-state index is 12.2. The van der Waals surface area contributed by atoms with Crippen molar-refractivity contribution in [2.45, 2.75) is 6.54 Å². The fraction of sp³-hybridized carbons (Fsp3) is 0.350. The molecule has 26 heavy (non-hydrogen) atoms. The third-order valence-corrected chi connectivity index (χ3v) is 4.96. The molecule has 138 valence electrons. The molecule has 1 fully saturated rings. The van der Waals surface area contributed by atoms with Crippen molar-refractivity contribution in [3.8, 4) is 5.75 Å². The summed E-state index contributed by atoms with van der Waals surface area (Å²) in [6, 6.07) is 15.7. The molecule has 0 aromatic heterocycles. The van der Waals surface area contributed by atoms with E-state index in [0.717, 1.165) is 43.2 Å². The normalized spacial score (nSPS) is 14.9. The minimum atomic E-state index is 0.0275. The van der Waals surface area contributed by atoms with Crippen LogP contribution in [0.2, 0.25) is 5.02 Å². The predicted octanol–water partition coefficient (Wildman–Crippen LogP) is 2.79. The molecule has 6 heteroatoms. The van der Waals surface area contributed by atoms with E-state index >= 15 is 0 Å². The van der Waals surface area contributed by atoms with Gasteiger partial charge in [-0.15, -0.1) is 0 Å². The number of anilines is 1. The highest BCUT2D eigenvalue weighted by Crippen LogP contribution is 2.22. The van der Waals surface area contributed by atoms with Gasteiger partial charge in [-0.05, 0) is 23.8 Å². The number of rotatable bonds is 6. The van der Waals surface area contributed by atoms with Crippen molar-refractivity contribution in [2.75, 3.05) is 44.7 Å². The number of nitrogens with one attached hydrogen (secondary N) is 1. The van der Waals surface area contributed by atoms with Gasteiger partial charge in [0.1, 0.15) is 5.75 Å². The van der Waals surface area contributed by atoms with Crippen molar-refractivity contribution in [1.82, 2.24) is 10.2 Å². The summed E-state index contributed by atoms with van der Waals surface area (Å²) >= 11 is 6.12. The van der Waals surface area contributed by atoms with E-state index in [2.05, 4.69) is 21.2 Å². The SMILES string of the molecule is COc1cccc(N2CCN(CC(=O)NCc3ccccc3Cl)CC2)c1. The largest absolute Gasteiger partial charge is 0.497 e. The minimum absolute atomic E-state index is 0.0275. The molecule has 0 unspecified atom stereocenters. The van der Waals surface area contributed by atoms with E-state index in [0.29, 0.717) is 18.1 Å². The third kappa shape index (κ3) is 4.90. The number of halogens is 1. The highest BCUT2D eigenvalue weighted by atomic mass is 35.5. The minimum Gasteiger partial charge on any atom is -0.497 e. The summed E-state index contributed by atoms with van der Waals surface area (Å²) in [5.41, 5.74) is 2.09. The molecule has 0 bridgehead atoms. The van der Waals surface area contributed by atoms with Crippen molar-refractivity contribution in [1.29, 1.82) is 0 Å². The van der Waals surface area contributed by atoms with Crippen molar-refractivity contribution in [2.24, 2.45) is 0 Å². The van der Waals surface area contributed by atoms with Crippen LogP contribution in [0.15, 0.2) is 48.5 Å². The van der Waals surface area contributed by atoms with Gasteiger partial charge in [-0.3, -0.25) is 9.69 Å². The van der Waals surface area contributed by atoms with Crippen LogP contribution < -0.4 is 15.0 Å². The summed E-state index contributed by atoms with van der Waals surface area (Å²) in [6.07, 6.45) is 0. The molecule has 1 N–H and O–H groups in total. The molecule has 3 rings (SSSR count). The van der Waals surface area contributed by atoms with E-state index in [-0.39, 0.29) is 5.91 Å². The molecule has 0 spiro atoms. The second kappa shape index (κ2) is 8.92. The number of hydrogen-bond acceptors (Lipinski definition) is 4. The number of amides is 1. The Balaban J connectivity index is 1.44. The van der Waals surface area contributed by atoms with Gasteiger partial charge in [-0.2, -0.15) is 0 Å². The maximum atomic E-state index is 12.2. The van der Waals surface area contributed by atoms with E-state index in [1.807, 2.05) is 42.5 Å². The predicted molar refractivity (Wildman–Crippen MR) is 105 cm³/mol. The van der Waals surface area contributed by atoms with Crippen LogP contribution in [0.25, 0.3) is 0 Å². The van der Waals surface area contributed by atoms with Crippen LogP contribution in [0.3, 0.4) is 0 Å². The molecular weight excluding hydrogens is 350 g/mol. The molecule has 0 aliphatic carbocycles. The van der Waals surface area contributed by atoms with Crippen molar-refractivity contribution in [3.05, 3.63) is 59.1 Å². The van der Waals surface area contributed by atoms with Gasteiger partial charge >= 0.3 is 0 Å². The number of benzene rings is 2. The van der Waals surface area contributed by atoms with Gasteiger partial charge in [0.25, 0.3) is 0 Å². The molecule has 0 radical (unpaired) electrons. The highest BCUT2D eigenvalue weighted by molar-refractivity contribution is 6.31. The Labute approximate surface area is 159 Å². The smallest absolute Gasteiger partial charge is 0.234 e. The first-order valence-electron chi connectivity index (χ1n) is 8.77. The zero-order valence-corrected chi connectivity index (χ0v) is 15.7. The van der Waals surface area contributed by atoms with Gasteiger partial charge in [0.2, 0.25) is 5.91 Å². The molecule has 1 amide bonds. The van der Waals surface area contributed by atoms with E-state index < -0.39 is 0 Å². The summed E-state index contributed by atoms with van der Waals surface area (Å²) in [5.74, 6) is 0.892. The molecular formula is C20H24ClN3O2. The third-order valence-electron chi connectivity index (χ3n) is 4.59. The molecule has 1 saturated heterocycles. The average Bonchev–Trinajstić information content (AvgIpc) is 2.68. The zero-order chi connectivity index (χ0) is 18.4. The summed E-state index contributed by atoms with van der Waals surface area (Å²) < 4.78 is 5.29. The quantitative estimate of drug-likeness (QED) is 0.845. The van der Waals surface area contributed by atoms with Gasteiger partial charge < -0.3 is 15.0 Å². The first kappa shape index (κ1) is 18.5. The number of carbonyl (C=O) groups excluding carboxylic acids is 1. The van der Waals surface area contributed by atoms with Crippen LogP contribution in [0.5, 0.6) is 5.75 Å². The summed E-state index contributed by atoms with van der Waals surface area (Å²) in [5, 5.41) is 3.63. The molecule has 1 aliphatic heterocycles. The fourth-order valence-corrected chi connectivity index (χ4v) is 3.27. The van der Waals surface area contributed by atoms with E-state index in [9.17, 15) is 4.79 Å². The number of methoxy groups -OCH3 is 1. The molecule has 5 nitrogen and oxygen atoms in total. The molecule has 2 aromatic rings. The first-order valence-corrected chi connectivity index (χ1v) is 9.15. The maximum Gasteiger partial charge on any atom is 0.234 e. The second-order valence-corrected chi connectivity index (χ2v) is 6.74. The average molecular weight is 374 g/mol. The van der Waals surface area contributed by atoms with Crippen LogP contribution in [0, 0.1) is 0 Å². The molecule has 1 aliphatic rings. The standard InChI is InChI=1S/C20H24ClN3O2/c1-26-18-7-4-6-17(13-18)24-11-9-23(10-12-24)15-20(25)22-14-16-5-2-3-8-19(16)21/h2-8,13H,9-12,14-15H2,1H3,(H,22,25). The van der Waals surface area contributed by atoms with Gasteiger partial charge in [-0.1, -0.05) is 35.9 Å². The van der Waals surface area contributed by atoms with Crippen LogP contribution in [0.1, 0.15) is 5.56 Å². The first-order chi connectivity index (χ1) is 12.7. The Hall–Kier alpha value is -2.24. The van der Waals surface area contributed by atoms with Gasteiger partial charge in [-0.25, -0.2) is 0 Å². The molecule has 0 saturated carbocycles. The fourth-order valence-electron chi connectivity index (χ4n) is 3.07. The van der Waals surface area contributed by atoms with E-state index in [1.54, 1.807) is 7.11 Å². The number of hydrogen-bond donors (Lipinski definition) is 1. The lowest BCUT2D eigenvalue weighted by Gasteiger charge is -2.35. The van der Waals surface area contributed by atoms with Gasteiger partial charge in [0, 0.05) is 49.5 Å². The number of nitrogens with zero attached hydrogens (tertiary/aromatic N) is 2. The molecule has 2 aromatic carbocycles. The van der Waals surface area contributed by atoms with Gasteiger partial charge in [0.05, 0.1) is 13.7 Å². The van der Waals surface area contributed by atoms with Crippen LogP contribution in [-0.4, -0.2) is 50.6 Å². The Kier molecular flexibility index (Phi) is 6.36. The Morgan fingerprint density at radius 3 is 2.62 bits per heavy atom. The van der Waals surface area contributed by atoms with Crippen LogP contribution in [-0.2, 0) is 11.3 Å². The lowest BCUT2D eigenvalue weighted by Crippen LogP contribution is -2.49. The summed E-state index contributed by atoms with van der Waals surface area (Å²) in [7, 11) is 1.68. The van der Waals surface area contributed by atoms with Crippen molar-refractivity contribution >= 4 is 23.2 Å².